The van der Waals surface area contributed by atoms with Gasteiger partial charge in [-0.25, -0.2) is 0 Å². The number of carbonyl (C=O) groups excluding carboxylic acids is 2. The number of alkyl halides is 3. The molecular weight excluding hydrogens is 255 g/mol. The van der Waals surface area contributed by atoms with Crippen LogP contribution in [-0.2, 0) is 6.18 Å². The second-order valence-corrected chi connectivity index (χ2v) is 3.35. The molecule has 1 aromatic carbocycles. The molecule has 0 aliphatic carbocycles. The van der Waals surface area contributed by atoms with Gasteiger partial charge in [0.15, 0.2) is 12.1 Å². The van der Waals surface area contributed by atoms with Crippen molar-refractivity contribution >= 4 is 17.8 Å². The molecule has 0 amide bonds. The lowest BCUT2D eigenvalue weighted by Gasteiger charge is -2.12. The van der Waals surface area contributed by atoms with Crippen LogP contribution in [0.25, 0.3) is 0 Å². The average Bonchev–Trinajstić information content (AvgIpc) is 2.25. The van der Waals surface area contributed by atoms with Crippen LogP contribution in [0.5, 0.6) is 0 Å². The second-order valence-electron chi connectivity index (χ2n) is 3.35. The zero-order valence-corrected chi connectivity index (χ0v) is 8.95. The SMILES string of the molecule is CC(=O)c1c(C(F)(F)F)ccc([N+](=O)[O-])c1C=O. The Morgan fingerprint density at radius 1 is 1.39 bits per heavy atom. The summed E-state index contributed by atoms with van der Waals surface area (Å²) in [5, 5.41) is 10.6. The Balaban J connectivity index is 3.75. The summed E-state index contributed by atoms with van der Waals surface area (Å²) >= 11 is 0. The molecule has 96 valence electrons. The molecule has 0 heterocycles. The Labute approximate surface area is 98.4 Å². The van der Waals surface area contributed by atoms with Crippen LogP contribution in [0.2, 0.25) is 0 Å². The molecule has 0 radical (unpaired) electrons. The number of carbonyl (C=O) groups is 2. The van der Waals surface area contributed by atoms with Crippen LogP contribution >= 0.6 is 0 Å². The van der Waals surface area contributed by atoms with Crippen LogP contribution in [0.4, 0.5) is 18.9 Å². The van der Waals surface area contributed by atoms with Crippen molar-refractivity contribution in [3.8, 4) is 0 Å². The molecule has 0 bridgehead atoms. The fraction of sp³-hybridized carbons (Fsp3) is 0.200. The number of nitrogens with zero attached hydrogens (tertiary/aromatic N) is 1. The molecule has 0 saturated heterocycles. The highest BCUT2D eigenvalue weighted by Crippen LogP contribution is 2.36. The summed E-state index contributed by atoms with van der Waals surface area (Å²) in [6.45, 7) is 0.807. The Morgan fingerprint density at radius 2 is 1.94 bits per heavy atom. The van der Waals surface area contributed by atoms with Crippen molar-refractivity contribution in [3.63, 3.8) is 0 Å². The van der Waals surface area contributed by atoms with Crippen molar-refractivity contribution in [2.45, 2.75) is 13.1 Å². The van der Waals surface area contributed by atoms with Crippen LogP contribution in [0, 0.1) is 10.1 Å². The fourth-order valence-corrected chi connectivity index (χ4v) is 1.50. The predicted octanol–water partition coefficient (Wildman–Crippen LogP) is 2.63. The highest BCUT2D eigenvalue weighted by Gasteiger charge is 2.37. The van der Waals surface area contributed by atoms with E-state index in [9.17, 15) is 32.9 Å². The molecule has 0 saturated carbocycles. The Morgan fingerprint density at radius 3 is 2.28 bits per heavy atom. The van der Waals surface area contributed by atoms with Crippen LogP contribution in [-0.4, -0.2) is 17.0 Å². The van der Waals surface area contributed by atoms with E-state index < -0.39 is 39.3 Å². The van der Waals surface area contributed by atoms with Gasteiger partial charge in [0.1, 0.15) is 5.56 Å². The van der Waals surface area contributed by atoms with Gasteiger partial charge < -0.3 is 0 Å². The maximum absolute atomic E-state index is 12.6. The first kappa shape index (κ1) is 13.8. The molecule has 8 heteroatoms. The van der Waals surface area contributed by atoms with Crippen LogP contribution < -0.4 is 0 Å². The Kier molecular flexibility index (Phi) is 3.49. The number of hydrogen-bond donors (Lipinski definition) is 0. The van der Waals surface area contributed by atoms with Crippen molar-refractivity contribution < 1.29 is 27.7 Å². The predicted molar refractivity (Wildman–Crippen MR) is 53.5 cm³/mol. The first-order valence-corrected chi connectivity index (χ1v) is 4.54. The van der Waals surface area contributed by atoms with Gasteiger partial charge >= 0.3 is 6.18 Å². The zero-order chi connectivity index (χ0) is 14.1. The fourth-order valence-electron chi connectivity index (χ4n) is 1.50. The maximum atomic E-state index is 12.6. The number of halogens is 3. The molecule has 0 spiro atoms. The first-order valence-electron chi connectivity index (χ1n) is 4.54. The number of benzene rings is 1. The summed E-state index contributed by atoms with van der Waals surface area (Å²) in [5.74, 6) is -1.06. The molecule has 0 atom stereocenters. The van der Waals surface area contributed by atoms with Gasteiger partial charge in [0, 0.05) is 11.6 Å². The summed E-state index contributed by atoms with van der Waals surface area (Å²) in [6.07, 6.45) is -4.99. The number of rotatable bonds is 3. The molecule has 0 fully saturated rings. The molecule has 1 rings (SSSR count). The lowest BCUT2D eigenvalue weighted by molar-refractivity contribution is -0.385. The Bertz CT molecular complexity index is 537. The Hall–Kier alpha value is -2.25. The largest absolute Gasteiger partial charge is 0.417 e. The summed E-state index contributed by atoms with van der Waals surface area (Å²) in [7, 11) is 0. The number of Topliss-reactive ketones (excluding diaryl/α,β-unsaturated/α-hetero) is 1. The molecule has 0 aliphatic heterocycles. The number of nitro groups is 1. The average molecular weight is 261 g/mol. The van der Waals surface area contributed by atoms with E-state index in [1.165, 1.54) is 0 Å². The number of hydrogen-bond acceptors (Lipinski definition) is 4. The summed E-state index contributed by atoms with van der Waals surface area (Å²) in [6, 6.07) is 0.973. The van der Waals surface area contributed by atoms with Gasteiger partial charge in [-0.15, -0.1) is 0 Å². The minimum atomic E-state index is -4.87. The van der Waals surface area contributed by atoms with E-state index in [1.807, 2.05) is 0 Å². The number of ketones is 1. The van der Waals surface area contributed by atoms with Crippen LogP contribution in [0.3, 0.4) is 0 Å². The topological polar surface area (TPSA) is 77.3 Å². The quantitative estimate of drug-likeness (QED) is 0.362. The van der Waals surface area contributed by atoms with Gasteiger partial charge in [0.25, 0.3) is 5.69 Å². The molecular formula is C10H6F3NO4. The van der Waals surface area contributed by atoms with E-state index >= 15 is 0 Å². The lowest BCUT2D eigenvalue weighted by Crippen LogP contribution is -2.15. The third-order valence-electron chi connectivity index (χ3n) is 2.19. The van der Waals surface area contributed by atoms with Gasteiger partial charge in [0.2, 0.25) is 0 Å². The van der Waals surface area contributed by atoms with Gasteiger partial charge in [-0.3, -0.25) is 19.7 Å². The van der Waals surface area contributed by atoms with E-state index in [4.69, 9.17) is 0 Å². The van der Waals surface area contributed by atoms with Crippen molar-refractivity contribution in [3.05, 3.63) is 38.9 Å². The molecule has 0 aromatic heterocycles. The number of nitro benzene ring substituents is 1. The minimum Gasteiger partial charge on any atom is -0.298 e. The zero-order valence-electron chi connectivity index (χ0n) is 8.95. The summed E-state index contributed by atoms with van der Waals surface area (Å²) < 4.78 is 37.9. The molecule has 5 nitrogen and oxygen atoms in total. The van der Waals surface area contributed by atoms with Crippen LogP contribution in [0.15, 0.2) is 12.1 Å². The highest BCUT2D eigenvalue weighted by molar-refractivity contribution is 6.05. The molecule has 0 aliphatic rings. The van der Waals surface area contributed by atoms with E-state index in [0.717, 1.165) is 6.92 Å². The van der Waals surface area contributed by atoms with Crippen molar-refractivity contribution in [1.29, 1.82) is 0 Å². The monoisotopic (exact) mass is 261 g/mol. The van der Waals surface area contributed by atoms with Crippen molar-refractivity contribution in [2.24, 2.45) is 0 Å². The lowest BCUT2D eigenvalue weighted by atomic mass is 9.96. The van der Waals surface area contributed by atoms with Crippen molar-refractivity contribution in [2.75, 3.05) is 0 Å². The van der Waals surface area contributed by atoms with Gasteiger partial charge in [-0.05, 0) is 13.0 Å². The van der Waals surface area contributed by atoms with E-state index in [1.54, 1.807) is 0 Å². The summed E-state index contributed by atoms with van der Waals surface area (Å²) in [5.41, 5.74) is -4.03. The standard InChI is InChI=1S/C10H6F3NO4/c1-5(16)9-6(4-15)8(14(17)18)3-2-7(9)10(11,12)13/h2-4H,1H3. The minimum absolute atomic E-state index is 0.121. The smallest absolute Gasteiger partial charge is 0.298 e. The third kappa shape index (κ3) is 2.36. The number of aldehydes is 1. The highest BCUT2D eigenvalue weighted by atomic mass is 19.4. The normalized spacial score (nSPS) is 11.1. The maximum Gasteiger partial charge on any atom is 0.417 e. The molecule has 0 N–H and O–H groups in total. The van der Waals surface area contributed by atoms with Gasteiger partial charge in [-0.1, -0.05) is 0 Å². The molecule has 18 heavy (non-hydrogen) atoms. The molecule has 1 aromatic rings. The van der Waals surface area contributed by atoms with Crippen LogP contribution in [0.1, 0.15) is 33.2 Å². The van der Waals surface area contributed by atoms with Crippen molar-refractivity contribution in [1.82, 2.24) is 0 Å². The second kappa shape index (κ2) is 4.55. The third-order valence-corrected chi connectivity index (χ3v) is 2.19. The van der Waals surface area contributed by atoms with Gasteiger partial charge in [-0.2, -0.15) is 13.2 Å². The van der Waals surface area contributed by atoms with Gasteiger partial charge in [0.05, 0.1) is 10.5 Å². The molecule has 0 unspecified atom stereocenters. The van der Waals surface area contributed by atoms with E-state index in [0.29, 0.717) is 12.1 Å². The summed E-state index contributed by atoms with van der Waals surface area (Å²) in [4.78, 5) is 31.5. The first-order chi connectivity index (χ1) is 8.20. The van der Waals surface area contributed by atoms with E-state index in [2.05, 4.69) is 0 Å². The van der Waals surface area contributed by atoms with E-state index in [-0.39, 0.29) is 6.29 Å².